The number of hydrogen-bond acceptors (Lipinski definition) is 1. The quantitative estimate of drug-likeness (QED) is 0.662. The van der Waals surface area contributed by atoms with Crippen LogP contribution in [0, 0.1) is 17.5 Å². The van der Waals surface area contributed by atoms with E-state index in [1.807, 2.05) is 0 Å². The zero-order chi connectivity index (χ0) is 10.7. The first-order valence-corrected chi connectivity index (χ1v) is 4.89. The highest BCUT2D eigenvalue weighted by atomic mass is 79.9. The third kappa shape index (κ3) is 2.27. The van der Waals surface area contributed by atoms with Crippen molar-refractivity contribution in [3.63, 3.8) is 0 Å². The molecule has 0 aliphatic rings. The Balaban J connectivity index is 3.09. The van der Waals surface area contributed by atoms with Crippen LogP contribution in [0.1, 0.15) is 12.0 Å². The lowest BCUT2D eigenvalue weighted by atomic mass is 10.1. The number of nitrogens with two attached hydrogens (primary N) is 1. The van der Waals surface area contributed by atoms with E-state index in [-0.39, 0.29) is 16.5 Å². The molecule has 0 heterocycles. The zero-order valence-corrected chi connectivity index (χ0v) is 8.87. The summed E-state index contributed by atoms with van der Waals surface area (Å²) in [6.45, 7) is 0.341. The van der Waals surface area contributed by atoms with E-state index in [2.05, 4.69) is 15.9 Å². The average Bonchev–Trinajstić information content (AvgIpc) is 2.14. The Morgan fingerprint density at radius 1 is 1.21 bits per heavy atom. The average molecular weight is 268 g/mol. The summed E-state index contributed by atoms with van der Waals surface area (Å²) < 4.78 is 38.8. The summed E-state index contributed by atoms with van der Waals surface area (Å²) in [6.07, 6.45) is 0.638. The highest BCUT2D eigenvalue weighted by molar-refractivity contribution is 9.10. The van der Waals surface area contributed by atoms with Crippen molar-refractivity contribution in [2.45, 2.75) is 12.8 Å². The van der Waals surface area contributed by atoms with Gasteiger partial charge >= 0.3 is 0 Å². The van der Waals surface area contributed by atoms with E-state index >= 15 is 0 Å². The fourth-order valence-electron chi connectivity index (χ4n) is 1.11. The van der Waals surface area contributed by atoms with Crippen LogP contribution in [-0.4, -0.2) is 6.54 Å². The van der Waals surface area contributed by atoms with E-state index < -0.39 is 17.5 Å². The molecule has 1 rings (SSSR count). The van der Waals surface area contributed by atoms with Crippen molar-refractivity contribution in [1.29, 1.82) is 0 Å². The first-order valence-electron chi connectivity index (χ1n) is 4.10. The maximum absolute atomic E-state index is 13.3. The second-order valence-corrected chi connectivity index (χ2v) is 3.63. The molecule has 0 fully saturated rings. The molecule has 0 aromatic heterocycles. The van der Waals surface area contributed by atoms with Gasteiger partial charge in [0, 0.05) is 11.6 Å². The van der Waals surface area contributed by atoms with Gasteiger partial charge in [-0.15, -0.1) is 0 Å². The Morgan fingerprint density at radius 3 is 2.43 bits per heavy atom. The molecule has 1 nitrogen and oxygen atoms in total. The molecule has 0 unspecified atom stereocenters. The molecule has 78 valence electrons. The minimum Gasteiger partial charge on any atom is -0.330 e. The van der Waals surface area contributed by atoms with E-state index in [0.29, 0.717) is 19.0 Å². The van der Waals surface area contributed by atoms with Crippen LogP contribution >= 0.6 is 15.9 Å². The normalized spacial score (nSPS) is 10.6. The number of hydrogen-bond donors (Lipinski definition) is 1. The van der Waals surface area contributed by atoms with Gasteiger partial charge in [-0.25, -0.2) is 13.2 Å². The molecule has 14 heavy (non-hydrogen) atoms. The third-order valence-corrected chi connectivity index (χ3v) is 2.57. The number of benzene rings is 1. The van der Waals surface area contributed by atoms with E-state index in [9.17, 15) is 13.2 Å². The maximum Gasteiger partial charge on any atom is 0.146 e. The second-order valence-electron chi connectivity index (χ2n) is 2.84. The molecule has 0 atom stereocenters. The Labute approximate surface area is 88.2 Å². The summed E-state index contributed by atoms with van der Waals surface area (Å²) >= 11 is 2.71. The summed E-state index contributed by atoms with van der Waals surface area (Å²) in [7, 11) is 0. The van der Waals surface area contributed by atoms with Gasteiger partial charge in [-0.1, -0.05) is 0 Å². The zero-order valence-electron chi connectivity index (χ0n) is 7.29. The molecule has 0 bridgehead atoms. The van der Waals surface area contributed by atoms with Crippen molar-refractivity contribution in [2.24, 2.45) is 5.73 Å². The summed E-state index contributed by atoms with van der Waals surface area (Å²) in [5, 5.41) is 0. The molecular formula is C9H9BrF3N. The lowest BCUT2D eigenvalue weighted by Crippen LogP contribution is -2.05. The van der Waals surface area contributed by atoms with Crippen molar-refractivity contribution in [3.05, 3.63) is 33.6 Å². The van der Waals surface area contributed by atoms with Crippen LogP contribution in [0.25, 0.3) is 0 Å². The molecule has 0 spiro atoms. The summed E-state index contributed by atoms with van der Waals surface area (Å²) in [5.74, 6) is -2.68. The first kappa shape index (κ1) is 11.5. The van der Waals surface area contributed by atoms with Gasteiger partial charge in [0.05, 0.1) is 4.47 Å². The van der Waals surface area contributed by atoms with Gasteiger partial charge in [-0.3, -0.25) is 0 Å². The highest BCUT2D eigenvalue weighted by Crippen LogP contribution is 2.25. The summed E-state index contributed by atoms with van der Waals surface area (Å²) in [6, 6.07) is 0.666. The van der Waals surface area contributed by atoms with Gasteiger partial charge in [0.25, 0.3) is 0 Å². The van der Waals surface area contributed by atoms with Crippen LogP contribution in [0.2, 0.25) is 0 Å². The highest BCUT2D eigenvalue weighted by Gasteiger charge is 2.16. The van der Waals surface area contributed by atoms with Gasteiger partial charge in [0.1, 0.15) is 17.5 Å². The molecule has 0 amide bonds. The predicted molar refractivity (Wildman–Crippen MR) is 51.4 cm³/mol. The molecule has 0 aliphatic carbocycles. The minimum absolute atomic E-state index is 0.122. The van der Waals surface area contributed by atoms with Crippen LogP contribution in [0.3, 0.4) is 0 Å². The SMILES string of the molecule is NCCCc1c(F)cc(F)c(Br)c1F. The Hall–Kier alpha value is -0.550. The van der Waals surface area contributed by atoms with Crippen molar-refractivity contribution in [1.82, 2.24) is 0 Å². The Morgan fingerprint density at radius 2 is 1.86 bits per heavy atom. The molecule has 0 saturated carbocycles. The predicted octanol–water partition coefficient (Wildman–Crippen LogP) is 2.76. The molecule has 0 saturated heterocycles. The summed E-state index contributed by atoms with van der Waals surface area (Å²) in [5.41, 5.74) is 5.09. The van der Waals surface area contributed by atoms with E-state index in [0.717, 1.165) is 0 Å². The van der Waals surface area contributed by atoms with E-state index in [1.54, 1.807) is 0 Å². The van der Waals surface area contributed by atoms with Crippen LogP contribution in [0.15, 0.2) is 10.5 Å². The fraction of sp³-hybridized carbons (Fsp3) is 0.333. The topological polar surface area (TPSA) is 26.0 Å². The van der Waals surface area contributed by atoms with Crippen LogP contribution in [0.4, 0.5) is 13.2 Å². The van der Waals surface area contributed by atoms with Gasteiger partial charge in [0.2, 0.25) is 0 Å². The van der Waals surface area contributed by atoms with E-state index in [4.69, 9.17) is 5.73 Å². The van der Waals surface area contributed by atoms with Gasteiger partial charge in [-0.05, 0) is 35.3 Å². The molecule has 0 radical (unpaired) electrons. The van der Waals surface area contributed by atoms with Crippen molar-refractivity contribution in [3.8, 4) is 0 Å². The van der Waals surface area contributed by atoms with Crippen LogP contribution < -0.4 is 5.73 Å². The van der Waals surface area contributed by atoms with E-state index in [1.165, 1.54) is 0 Å². The third-order valence-electron chi connectivity index (χ3n) is 1.84. The van der Waals surface area contributed by atoms with Gasteiger partial charge in [-0.2, -0.15) is 0 Å². The first-order chi connectivity index (χ1) is 6.57. The fourth-order valence-corrected chi connectivity index (χ4v) is 1.47. The lowest BCUT2D eigenvalue weighted by Gasteiger charge is -2.06. The van der Waals surface area contributed by atoms with Crippen molar-refractivity contribution in [2.75, 3.05) is 6.54 Å². The number of halogens is 4. The van der Waals surface area contributed by atoms with Gasteiger partial charge < -0.3 is 5.73 Å². The van der Waals surface area contributed by atoms with Gasteiger partial charge in [0.15, 0.2) is 0 Å². The number of rotatable bonds is 3. The van der Waals surface area contributed by atoms with Crippen LogP contribution in [-0.2, 0) is 6.42 Å². The second kappa shape index (κ2) is 4.79. The molecule has 1 aromatic rings. The summed E-state index contributed by atoms with van der Waals surface area (Å²) in [4.78, 5) is 0. The molecule has 1 aromatic carbocycles. The molecular weight excluding hydrogens is 259 g/mol. The smallest absolute Gasteiger partial charge is 0.146 e. The Kier molecular flexibility index (Phi) is 3.95. The maximum atomic E-state index is 13.3. The largest absolute Gasteiger partial charge is 0.330 e. The Bertz CT molecular complexity index is 341. The van der Waals surface area contributed by atoms with Crippen molar-refractivity contribution < 1.29 is 13.2 Å². The standard InChI is InChI=1S/C9H9BrF3N/c10-8-7(12)4-6(11)5(9(8)13)2-1-3-14/h4H,1-3,14H2. The monoisotopic (exact) mass is 267 g/mol. The molecule has 0 aliphatic heterocycles. The molecule has 2 N–H and O–H groups in total. The molecule has 5 heteroatoms. The van der Waals surface area contributed by atoms with Crippen LogP contribution in [0.5, 0.6) is 0 Å². The lowest BCUT2D eigenvalue weighted by molar-refractivity contribution is 0.513. The minimum atomic E-state index is -0.934. The van der Waals surface area contributed by atoms with Crippen molar-refractivity contribution >= 4 is 15.9 Å².